The zero-order valence-electron chi connectivity index (χ0n) is 14.7. The number of hydrogen-bond donors (Lipinski definition) is 8. The lowest BCUT2D eigenvalue weighted by Crippen LogP contribution is -2.57. The molecule has 0 aromatic rings. The van der Waals surface area contributed by atoms with Crippen LogP contribution in [0, 0.1) is 0 Å². The number of primary amides is 1. The maximum Gasteiger partial charge on any atom is 0.326 e. The van der Waals surface area contributed by atoms with Crippen LogP contribution in [0.5, 0.6) is 0 Å². The molecule has 0 fully saturated rings. The van der Waals surface area contributed by atoms with Crippen molar-refractivity contribution in [1.82, 2.24) is 16.0 Å². The molecule has 4 amide bonds. The number of carbonyl (C=O) groups excluding carboxylic acids is 4. The Hall–Kier alpha value is -3.26. The van der Waals surface area contributed by atoms with Gasteiger partial charge in [-0.15, -0.1) is 0 Å². The lowest BCUT2D eigenvalue weighted by Gasteiger charge is -2.23. The monoisotopic (exact) mass is 405 g/mol. The normalized spacial score (nSPS) is 13.5. The molecule has 0 aliphatic carbocycles. The molecule has 14 nitrogen and oxygen atoms in total. The topological polar surface area (TPSA) is 251 Å². The molecule has 158 valence electrons. The van der Waals surface area contributed by atoms with Crippen LogP contribution in [0.4, 0.5) is 0 Å². The fourth-order valence-corrected chi connectivity index (χ4v) is 1.92. The van der Waals surface area contributed by atoms with Crippen molar-refractivity contribution in [3.63, 3.8) is 0 Å². The molecule has 14 heteroatoms. The van der Waals surface area contributed by atoms with Crippen molar-refractivity contribution in [3.8, 4) is 0 Å². The van der Waals surface area contributed by atoms with Gasteiger partial charge in [-0.05, 0) is 6.42 Å². The minimum absolute atomic E-state index is 0.338. The molecule has 0 aromatic carbocycles. The number of hydrogen-bond acceptors (Lipinski definition) is 8. The number of rotatable bonds is 13. The highest BCUT2D eigenvalue weighted by Gasteiger charge is 2.30. The number of nitrogens with one attached hydrogen (secondary N) is 3. The molecule has 0 rings (SSSR count). The molecule has 0 spiro atoms. The molecule has 28 heavy (non-hydrogen) atoms. The van der Waals surface area contributed by atoms with Gasteiger partial charge in [-0.2, -0.15) is 0 Å². The van der Waals surface area contributed by atoms with Crippen LogP contribution in [0.3, 0.4) is 0 Å². The van der Waals surface area contributed by atoms with E-state index in [0.717, 1.165) is 0 Å². The molecular formula is C14H23N5O9. The smallest absolute Gasteiger partial charge is 0.326 e. The lowest BCUT2D eigenvalue weighted by atomic mass is 10.1. The first-order chi connectivity index (χ1) is 13.0. The molecule has 0 aliphatic heterocycles. The van der Waals surface area contributed by atoms with E-state index in [1.165, 1.54) is 0 Å². The molecule has 0 heterocycles. The average Bonchev–Trinajstić information content (AvgIpc) is 2.61. The van der Waals surface area contributed by atoms with Gasteiger partial charge in [-0.1, -0.05) is 0 Å². The van der Waals surface area contributed by atoms with Gasteiger partial charge in [0.2, 0.25) is 23.6 Å². The quantitative estimate of drug-likeness (QED) is 0.145. The second kappa shape index (κ2) is 12.2. The molecule has 3 atom stereocenters. The standard InChI is InChI=1S/C14H23N5O9/c15-4-10(22)17-8(5-20)13(26)18-6(1-2-9(16)21)12(25)19-7(14(27)28)3-11(23)24/h6-8,20H,1-5,15H2,(H2,16,21)(H,17,22)(H,18,26)(H,19,25)(H,23,24)(H,27,28). The number of carbonyl (C=O) groups is 6. The third-order valence-electron chi connectivity index (χ3n) is 3.33. The molecule has 0 radical (unpaired) electrons. The van der Waals surface area contributed by atoms with Gasteiger partial charge in [0.05, 0.1) is 19.6 Å². The van der Waals surface area contributed by atoms with Crippen molar-refractivity contribution in [3.05, 3.63) is 0 Å². The van der Waals surface area contributed by atoms with Crippen LogP contribution in [0.25, 0.3) is 0 Å². The Kier molecular flexibility index (Phi) is 10.8. The van der Waals surface area contributed by atoms with E-state index in [-0.39, 0.29) is 12.8 Å². The van der Waals surface area contributed by atoms with Gasteiger partial charge < -0.3 is 42.7 Å². The van der Waals surface area contributed by atoms with Crippen LogP contribution < -0.4 is 27.4 Å². The van der Waals surface area contributed by atoms with E-state index < -0.39 is 73.3 Å². The zero-order valence-corrected chi connectivity index (χ0v) is 14.7. The molecule has 0 bridgehead atoms. The van der Waals surface area contributed by atoms with Crippen molar-refractivity contribution in [1.29, 1.82) is 0 Å². The molecule has 0 saturated carbocycles. The largest absolute Gasteiger partial charge is 0.481 e. The average molecular weight is 405 g/mol. The van der Waals surface area contributed by atoms with E-state index in [9.17, 15) is 33.9 Å². The summed E-state index contributed by atoms with van der Waals surface area (Å²) in [5.41, 5.74) is 10.1. The first kappa shape index (κ1) is 24.7. The van der Waals surface area contributed by atoms with Gasteiger partial charge in [0.25, 0.3) is 0 Å². The Balaban J connectivity index is 5.27. The Morgan fingerprint density at radius 3 is 1.82 bits per heavy atom. The van der Waals surface area contributed by atoms with Gasteiger partial charge in [0.15, 0.2) is 0 Å². The molecule has 3 unspecified atom stereocenters. The van der Waals surface area contributed by atoms with E-state index >= 15 is 0 Å². The first-order valence-corrected chi connectivity index (χ1v) is 7.95. The number of carboxylic acid groups (broad SMARTS) is 2. The number of aliphatic hydroxyl groups is 1. The van der Waals surface area contributed by atoms with Gasteiger partial charge in [0.1, 0.15) is 18.1 Å². The number of carboxylic acids is 2. The summed E-state index contributed by atoms with van der Waals surface area (Å²) in [6.07, 6.45) is -1.63. The number of aliphatic hydroxyl groups excluding tert-OH is 1. The summed E-state index contributed by atoms with van der Waals surface area (Å²) in [5.74, 6) is -6.80. The Labute approximate surface area is 158 Å². The summed E-state index contributed by atoms with van der Waals surface area (Å²) in [7, 11) is 0. The zero-order chi connectivity index (χ0) is 21.9. The van der Waals surface area contributed by atoms with Crippen molar-refractivity contribution in [2.75, 3.05) is 13.2 Å². The summed E-state index contributed by atoms with van der Waals surface area (Å²) in [4.78, 5) is 68.4. The first-order valence-electron chi connectivity index (χ1n) is 7.95. The molecule has 0 aliphatic rings. The summed E-state index contributed by atoms with van der Waals surface area (Å²) in [6, 6.07) is -4.74. The highest BCUT2D eigenvalue weighted by Crippen LogP contribution is 2.02. The fraction of sp³-hybridized carbons (Fsp3) is 0.571. The predicted octanol–water partition coefficient (Wildman–Crippen LogP) is -4.78. The predicted molar refractivity (Wildman–Crippen MR) is 90.2 cm³/mol. The van der Waals surface area contributed by atoms with Crippen LogP contribution in [-0.4, -0.2) is 82.2 Å². The van der Waals surface area contributed by atoms with Crippen molar-refractivity contribution >= 4 is 35.6 Å². The Morgan fingerprint density at radius 2 is 1.39 bits per heavy atom. The SMILES string of the molecule is NCC(=O)NC(CO)C(=O)NC(CCC(N)=O)C(=O)NC(CC(=O)O)C(=O)O. The Bertz CT molecular complexity index is 624. The van der Waals surface area contributed by atoms with E-state index in [1.54, 1.807) is 0 Å². The molecular weight excluding hydrogens is 382 g/mol. The maximum absolute atomic E-state index is 12.3. The van der Waals surface area contributed by atoms with Crippen molar-refractivity contribution < 1.29 is 44.1 Å². The lowest BCUT2D eigenvalue weighted by molar-refractivity contribution is -0.147. The third kappa shape index (κ3) is 9.44. The summed E-state index contributed by atoms with van der Waals surface area (Å²) >= 11 is 0. The number of amides is 4. The van der Waals surface area contributed by atoms with Gasteiger partial charge in [0, 0.05) is 6.42 Å². The molecule has 10 N–H and O–H groups in total. The van der Waals surface area contributed by atoms with Crippen LogP contribution >= 0.6 is 0 Å². The number of nitrogens with two attached hydrogens (primary N) is 2. The molecule has 0 saturated heterocycles. The van der Waals surface area contributed by atoms with Crippen molar-refractivity contribution in [2.24, 2.45) is 11.5 Å². The second-order valence-corrected chi connectivity index (χ2v) is 5.57. The van der Waals surface area contributed by atoms with E-state index in [2.05, 4.69) is 10.6 Å². The van der Waals surface area contributed by atoms with Crippen LogP contribution in [-0.2, 0) is 28.8 Å². The summed E-state index contributed by atoms with van der Waals surface area (Å²) in [5, 5.41) is 33.0. The summed E-state index contributed by atoms with van der Waals surface area (Å²) < 4.78 is 0. The highest BCUT2D eigenvalue weighted by atomic mass is 16.4. The van der Waals surface area contributed by atoms with Gasteiger partial charge >= 0.3 is 11.9 Å². The van der Waals surface area contributed by atoms with Crippen LogP contribution in [0.2, 0.25) is 0 Å². The minimum Gasteiger partial charge on any atom is -0.481 e. The maximum atomic E-state index is 12.3. The van der Waals surface area contributed by atoms with Gasteiger partial charge in [-0.25, -0.2) is 4.79 Å². The number of aliphatic carboxylic acids is 2. The van der Waals surface area contributed by atoms with E-state index in [1.807, 2.05) is 5.32 Å². The van der Waals surface area contributed by atoms with Crippen molar-refractivity contribution in [2.45, 2.75) is 37.4 Å². The van der Waals surface area contributed by atoms with Gasteiger partial charge in [-0.3, -0.25) is 24.0 Å². The second-order valence-electron chi connectivity index (χ2n) is 5.57. The third-order valence-corrected chi connectivity index (χ3v) is 3.33. The van der Waals surface area contributed by atoms with E-state index in [0.29, 0.717) is 0 Å². The summed E-state index contributed by atoms with van der Waals surface area (Å²) in [6.45, 7) is -1.30. The van der Waals surface area contributed by atoms with Crippen LogP contribution in [0.1, 0.15) is 19.3 Å². The van der Waals surface area contributed by atoms with E-state index in [4.69, 9.17) is 21.7 Å². The Morgan fingerprint density at radius 1 is 0.857 bits per heavy atom. The fourth-order valence-electron chi connectivity index (χ4n) is 1.92. The highest BCUT2D eigenvalue weighted by molar-refractivity contribution is 5.94. The minimum atomic E-state index is -1.79. The molecule has 0 aromatic heterocycles. The van der Waals surface area contributed by atoms with Crippen LogP contribution in [0.15, 0.2) is 0 Å².